The molecule has 2 heterocycles. The molecule has 12 heteroatoms. The molecule has 0 spiro atoms. The molecule has 10 nitrogen and oxygen atoms in total. The fourth-order valence-electron chi connectivity index (χ4n) is 3.34. The van der Waals surface area contributed by atoms with E-state index in [1.54, 1.807) is 20.8 Å². The first kappa shape index (κ1) is 27.2. The Morgan fingerprint density at radius 3 is 2.31 bits per heavy atom. The molecule has 1 amide bonds. The minimum absolute atomic E-state index is 0.0273. The van der Waals surface area contributed by atoms with Crippen LogP contribution in [0.25, 0.3) is 11.4 Å². The fraction of sp³-hybridized carbons (Fsp3) is 0.375. The zero-order valence-corrected chi connectivity index (χ0v) is 22.7. The number of carbonyl (C=O) groups excluding carboxylic acids is 3. The maximum absolute atomic E-state index is 12.8. The Labute approximate surface area is 218 Å². The van der Waals surface area contributed by atoms with Crippen LogP contribution in [0.2, 0.25) is 0 Å². The average molecular weight is 532 g/mol. The zero-order chi connectivity index (χ0) is 26.4. The number of thioether (sulfide) groups is 1. The first-order chi connectivity index (χ1) is 17.2. The molecule has 2 aromatic heterocycles. The van der Waals surface area contributed by atoms with Crippen LogP contribution < -0.4 is 10.2 Å². The van der Waals surface area contributed by atoms with Gasteiger partial charge in [-0.15, -0.1) is 21.5 Å². The number of nitrogens with zero attached hydrogens (tertiary/aromatic N) is 4. The molecule has 0 aliphatic carbocycles. The third kappa shape index (κ3) is 6.05. The molecule has 0 saturated carbocycles. The lowest BCUT2D eigenvalue weighted by molar-refractivity contribution is -0.113. The largest absolute Gasteiger partial charge is 0.462 e. The van der Waals surface area contributed by atoms with Crippen LogP contribution in [-0.2, 0) is 21.3 Å². The van der Waals surface area contributed by atoms with Crippen molar-refractivity contribution in [3.63, 3.8) is 0 Å². The summed E-state index contributed by atoms with van der Waals surface area (Å²) in [6.07, 6.45) is 0. The highest BCUT2D eigenvalue weighted by Crippen LogP contribution is 2.34. The van der Waals surface area contributed by atoms with Gasteiger partial charge >= 0.3 is 11.9 Å². The van der Waals surface area contributed by atoms with Gasteiger partial charge in [0, 0.05) is 32.4 Å². The molecule has 0 aliphatic heterocycles. The number of rotatable bonds is 10. The lowest BCUT2D eigenvalue weighted by atomic mass is 10.1. The number of benzene rings is 1. The normalized spacial score (nSPS) is 10.7. The third-order valence-electron chi connectivity index (χ3n) is 5.15. The van der Waals surface area contributed by atoms with E-state index in [2.05, 4.69) is 15.5 Å². The molecule has 3 rings (SSSR count). The van der Waals surface area contributed by atoms with E-state index in [0.29, 0.717) is 16.5 Å². The third-order valence-corrected chi connectivity index (χ3v) is 7.36. The van der Waals surface area contributed by atoms with Crippen molar-refractivity contribution in [2.75, 3.05) is 43.3 Å². The van der Waals surface area contributed by atoms with E-state index in [4.69, 9.17) is 9.47 Å². The predicted molar refractivity (Wildman–Crippen MR) is 141 cm³/mol. The van der Waals surface area contributed by atoms with E-state index in [1.807, 2.05) is 54.9 Å². The van der Waals surface area contributed by atoms with Crippen molar-refractivity contribution in [3.05, 3.63) is 40.3 Å². The Bertz CT molecular complexity index is 1250. The van der Waals surface area contributed by atoms with Crippen LogP contribution in [0.4, 0.5) is 10.7 Å². The first-order valence-electron chi connectivity index (χ1n) is 11.2. The summed E-state index contributed by atoms with van der Waals surface area (Å²) in [7, 11) is 5.78. The van der Waals surface area contributed by atoms with Crippen LogP contribution in [0.15, 0.2) is 29.4 Å². The summed E-state index contributed by atoms with van der Waals surface area (Å²) < 4.78 is 12.0. The Hall–Kier alpha value is -3.38. The van der Waals surface area contributed by atoms with Crippen LogP contribution >= 0.6 is 23.1 Å². The molecule has 0 bridgehead atoms. The first-order valence-corrected chi connectivity index (χ1v) is 13.0. The number of carbonyl (C=O) groups is 3. The maximum atomic E-state index is 12.8. The second-order valence-corrected chi connectivity index (χ2v) is 9.81. The van der Waals surface area contributed by atoms with Crippen molar-refractivity contribution in [1.82, 2.24) is 14.8 Å². The highest BCUT2D eigenvalue weighted by Gasteiger charge is 2.27. The Morgan fingerprint density at radius 1 is 1.06 bits per heavy atom. The standard InChI is InChI=1S/C24H29N5O5S2/c1-7-33-22(31)18-14(3)19(23(32)34-8-2)36-21(18)25-17(30)13-35-24-27-26-20(29(24)6)15-9-11-16(12-10-15)28(4)5/h9-12H,7-8,13H2,1-6H3,(H,25,30). The summed E-state index contributed by atoms with van der Waals surface area (Å²) >= 11 is 2.21. The van der Waals surface area contributed by atoms with Crippen LogP contribution in [0.1, 0.15) is 39.4 Å². The molecule has 0 radical (unpaired) electrons. The molecule has 0 fully saturated rings. The van der Waals surface area contributed by atoms with Gasteiger partial charge in [-0.3, -0.25) is 4.79 Å². The van der Waals surface area contributed by atoms with Gasteiger partial charge in [0.05, 0.1) is 24.5 Å². The minimum atomic E-state index is -0.608. The molecule has 3 aromatic rings. The monoisotopic (exact) mass is 531 g/mol. The molecular formula is C24H29N5O5S2. The topological polar surface area (TPSA) is 116 Å². The van der Waals surface area contributed by atoms with E-state index in [-0.39, 0.29) is 40.3 Å². The number of esters is 2. The van der Waals surface area contributed by atoms with Gasteiger partial charge in [0.25, 0.3) is 0 Å². The maximum Gasteiger partial charge on any atom is 0.348 e. The molecule has 0 atom stereocenters. The summed E-state index contributed by atoms with van der Waals surface area (Å²) in [4.78, 5) is 39.9. The number of amides is 1. The van der Waals surface area contributed by atoms with Crippen molar-refractivity contribution in [2.24, 2.45) is 7.05 Å². The highest BCUT2D eigenvalue weighted by molar-refractivity contribution is 7.99. The smallest absolute Gasteiger partial charge is 0.348 e. The van der Waals surface area contributed by atoms with Crippen LogP contribution in [-0.4, -0.2) is 65.7 Å². The molecule has 36 heavy (non-hydrogen) atoms. The van der Waals surface area contributed by atoms with Crippen LogP contribution in [0.3, 0.4) is 0 Å². The number of hydrogen-bond donors (Lipinski definition) is 1. The molecule has 1 aromatic carbocycles. The van der Waals surface area contributed by atoms with Gasteiger partial charge in [0.1, 0.15) is 9.88 Å². The highest BCUT2D eigenvalue weighted by atomic mass is 32.2. The summed E-state index contributed by atoms with van der Waals surface area (Å²) in [6.45, 7) is 5.38. The summed E-state index contributed by atoms with van der Waals surface area (Å²) in [6, 6.07) is 7.94. The van der Waals surface area contributed by atoms with E-state index in [1.165, 1.54) is 11.8 Å². The van der Waals surface area contributed by atoms with Crippen molar-refractivity contribution >= 4 is 51.6 Å². The number of anilines is 2. The van der Waals surface area contributed by atoms with Crippen molar-refractivity contribution in [1.29, 1.82) is 0 Å². The van der Waals surface area contributed by atoms with E-state index in [0.717, 1.165) is 22.6 Å². The Balaban J connectivity index is 1.73. The predicted octanol–water partition coefficient (Wildman–Crippen LogP) is 4.00. The summed E-state index contributed by atoms with van der Waals surface area (Å²) in [5.41, 5.74) is 2.55. The number of aromatic nitrogens is 3. The van der Waals surface area contributed by atoms with Gasteiger partial charge in [-0.25, -0.2) is 9.59 Å². The number of nitrogens with one attached hydrogen (secondary N) is 1. The van der Waals surface area contributed by atoms with Crippen molar-refractivity contribution < 1.29 is 23.9 Å². The van der Waals surface area contributed by atoms with Crippen LogP contribution in [0, 0.1) is 6.92 Å². The summed E-state index contributed by atoms with van der Waals surface area (Å²) in [5.74, 6) is -0.809. The van der Waals surface area contributed by atoms with Gasteiger partial charge in [0.15, 0.2) is 11.0 Å². The average Bonchev–Trinajstić information content (AvgIpc) is 3.37. The molecular weight excluding hydrogens is 502 g/mol. The van der Waals surface area contributed by atoms with Gasteiger partial charge in [0.2, 0.25) is 5.91 Å². The summed E-state index contributed by atoms with van der Waals surface area (Å²) in [5, 5.41) is 12.0. The lowest BCUT2D eigenvalue weighted by Gasteiger charge is -2.12. The second-order valence-electron chi connectivity index (χ2n) is 7.84. The van der Waals surface area contributed by atoms with Crippen molar-refractivity contribution in [2.45, 2.75) is 25.9 Å². The number of ether oxygens (including phenoxy) is 2. The Morgan fingerprint density at radius 2 is 1.69 bits per heavy atom. The number of hydrogen-bond acceptors (Lipinski definition) is 10. The Kier molecular flexibility index (Phi) is 9.10. The van der Waals surface area contributed by atoms with Gasteiger partial charge in [-0.1, -0.05) is 11.8 Å². The van der Waals surface area contributed by atoms with E-state index < -0.39 is 11.9 Å². The molecule has 0 saturated heterocycles. The van der Waals surface area contributed by atoms with E-state index in [9.17, 15) is 14.4 Å². The van der Waals surface area contributed by atoms with Gasteiger partial charge in [-0.2, -0.15) is 0 Å². The van der Waals surface area contributed by atoms with E-state index >= 15 is 0 Å². The van der Waals surface area contributed by atoms with Gasteiger partial charge < -0.3 is 24.3 Å². The SMILES string of the molecule is CCOC(=O)c1sc(NC(=O)CSc2nnc(-c3ccc(N(C)C)cc3)n2C)c(C(=O)OCC)c1C. The molecule has 1 N–H and O–H groups in total. The van der Waals surface area contributed by atoms with Crippen molar-refractivity contribution in [3.8, 4) is 11.4 Å². The lowest BCUT2D eigenvalue weighted by Crippen LogP contribution is -2.16. The number of thiophene rings is 1. The second kappa shape index (κ2) is 12.0. The molecule has 0 aliphatic rings. The van der Waals surface area contributed by atoms with Gasteiger partial charge in [-0.05, 0) is 50.6 Å². The fourth-order valence-corrected chi connectivity index (χ4v) is 5.15. The molecule has 0 unspecified atom stereocenters. The zero-order valence-electron chi connectivity index (χ0n) is 21.1. The molecule has 192 valence electrons. The van der Waals surface area contributed by atoms with Crippen LogP contribution in [0.5, 0.6) is 0 Å². The minimum Gasteiger partial charge on any atom is -0.462 e. The quantitative estimate of drug-likeness (QED) is 0.306.